The van der Waals surface area contributed by atoms with Gasteiger partial charge in [-0.2, -0.15) is 5.10 Å². The van der Waals surface area contributed by atoms with E-state index in [1.54, 1.807) is 0 Å². The lowest BCUT2D eigenvalue weighted by atomic mass is 10.1. The number of para-hydroxylation sites is 1. The summed E-state index contributed by atoms with van der Waals surface area (Å²) in [5.41, 5.74) is 4.17. The van der Waals surface area contributed by atoms with Gasteiger partial charge in [-0.05, 0) is 56.5 Å². The Morgan fingerprint density at radius 3 is 2.57 bits per heavy atom. The van der Waals surface area contributed by atoms with Crippen molar-refractivity contribution < 1.29 is 4.79 Å². The average molecular weight is 402 g/mol. The van der Waals surface area contributed by atoms with E-state index in [9.17, 15) is 9.59 Å². The monoisotopic (exact) mass is 402 g/mol. The molecule has 0 radical (unpaired) electrons. The fourth-order valence-corrected chi connectivity index (χ4v) is 4.05. The van der Waals surface area contributed by atoms with Crippen LogP contribution in [0.1, 0.15) is 43.3 Å². The zero-order valence-electron chi connectivity index (χ0n) is 17.8. The third kappa shape index (κ3) is 3.28. The fraction of sp³-hybridized carbons (Fsp3) is 0.292. The number of carbonyl (C=O) groups excluding carboxylic acids is 1. The van der Waals surface area contributed by atoms with Crippen LogP contribution in [-0.4, -0.2) is 20.1 Å². The SMILES string of the molecule is CCc1ccccc1NC(=O)[C@H](CC)n1nc(C)n2c(cc3cc(C)ccc32)c1=O. The van der Waals surface area contributed by atoms with Crippen molar-refractivity contribution in [1.82, 2.24) is 14.2 Å². The molecule has 0 bridgehead atoms. The molecule has 4 aromatic rings. The maximum atomic E-state index is 13.3. The molecule has 30 heavy (non-hydrogen) atoms. The van der Waals surface area contributed by atoms with Gasteiger partial charge in [0.2, 0.25) is 5.91 Å². The quantitative estimate of drug-likeness (QED) is 0.537. The van der Waals surface area contributed by atoms with E-state index in [1.807, 2.05) is 74.6 Å². The Labute approximate surface area is 175 Å². The molecule has 154 valence electrons. The van der Waals surface area contributed by atoms with Crippen molar-refractivity contribution in [3.63, 3.8) is 0 Å². The van der Waals surface area contributed by atoms with E-state index in [0.29, 0.717) is 17.8 Å². The Morgan fingerprint density at radius 2 is 1.83 bits per heavy atom. The molecule has 6 nitrogen and oxygen atoms in total. The predicted octanol–water partition coefficient (Wildman–Crippen LogP) is 4.42. The van der Waals surface area contributed by atoms with Crippen LogP contribution in [-0.2, 0) is 11.2 Å². The third-order valence-electron chi connectivity index (χ3n) is 5.60. The van der Waals surface area contributed by atoms with Gasteiger partial charge in [-0.1, -0.05) is 43.7 Å². The zero-order chi connectivity index (χ0) is 21.4. The van der Waals surface area contributed by atoms with Crippen LogP contribution < -0.4 is 10.9 Å². The summed E-state index contributed by atoms with van der Waals surface area (Å²) in [6.45, 7) is 7.82. The van der Waals surface area contributed by atoms with Gasteiger partial charge in [0.05, 0.1) is 5.52 Å². The number of hydrogen-bond acceptors (Lipinski definition) is 3. The van der Waals surface area contributed by atoms with E-state index < -0.39 is 6.04 Å². The number of nitrogens with one attached hydrogen (secondary N) is 1. The summed E-state index contributed by atoms with van der Waals surface area (Å²) < 4.78 is 3.20. The van der Waals surface area contributed by atoms with Crippen molar-refractivity contribution in [2.45, 2.75) is 46.6 Å². The number of benzene rings is 2. The van der Waals surface area contributed by atoms with Crippen LogP contribution in [0.3, 0.4) is 0 Å². The van der Waals surface area contributed by atoms with Crippen molar-refractivity contribution in [3.8, 4) is 0 Å². The van der Waals surface area contributed by atoms with Crippen LogP contribution in [0.4, 0.5) is 5.69 Å². The predicted molar refractivity (Wildman–Crippen MR) is 120 cm³/mol. The fourth-order valence-electron chi connectivity index (χ4n) is 4.05. The molecule has 2 aromatic carbocycles. The van der Waals surface area contributed by atoms with Crippen LogP contribution >= 0.6 is 0 Å². The standard InChI is InChI=1S/C24H26N4O2/c1-5-17-9-7-8-10-19(17)25-23(29)20(6-2)28-24(30)22-14-18-13-15(3)11-12-21(18)27(22)16(4)26-28/h7-14,20H,5-6H2,1-4H3,(H,25,29)/t20-/m0/s1. The highest BCUT2D eigenvalue weighted by Crippen LogP contribution is 2.22. The van der Waals surface area contributed by atoms with E-state index in [4.69, 9.17) is 0 Å². The highest BCUT2D eigenvalue weighted by atomic mass is 16.2. The molecule has 1 amide bonds. The Bertz CT molecular complexity index is 1320. The lowest BCUT2D eigenvalue weighted by molar-refractivity contribution is -0.119. The Balaban J connectivity index is 1.80. The number of nitrogens with zero attached hydrogens (tertiary/aromatic N) is 3. The molecule has 0 spiro atoms. The topological polar surface area (TPSA) is 68.4 Å². The van der Waals surface area contributed by atoms with Gasteiger partial charge in [0.15, 0.2) is 0 Å². The number of aryl methyl sites for hydroxylation is 3. The first-order valence-corrected chi connectivity index (χ1v) is 10.3. The molecule has 0 aliphatic rings. The van der Waals surface area contributed by atoms with Gasteiger partial charge >= 0.3 is 0 Å². The minimum atomic E-state index is -0.689. The van der Waals surface area contributed by atoms with Gasteiger partial charge < -0.3 is 5.32 Å². The van der Waals surface area contributed by atoms with Gasteiger partial charge in [0.25, 0.3) is 5.56 Å². The molecule has 0 unspecified atom stereocenters. The first-order valence-electron chi connectivity index (χ1n) is 10.3. The summed E-state index contributed by atoms with van der Waals surface area (Å²) in [6.07, 6.45) is 1.27. The van der Waals surface area contributed by atoms with Gasteiger partial charge in [-0.25, -0.2) is 4.68 Å². The second-order valence-electron chi connectivity index (χ2n) is 7.65. The lowest BCUT2D eigenvalue weighted by Crippen LogP contribution is -2.36. The number of carbonyl (C=O) groups is 1. The highest BCUT2D eigenvalue weighted by molar-refractivity contribution is 5.94. The molecule has 4 rings (SSSR count). The Kier molecular flexibility index (Phi) is 5.16. The molecular weight excluding hydrogens is 376 g/mol. The minimum absolute atomic E-state index is 0.233. The number of fused-ring (bicyclic) bond motifs is 3. The van der Waals surface area contributed by atoms with Crippen LogP contribution in [0.25, 0.3) is 16.4 Å². The molecule has 0 fully saturated rings. The van der Waals surface area contributed by atoms with E-state index in [-0.39, 0.29) is 11.5 Å². The second kappa shape index (κ2) is 7.78. The number of anilines is 1. The Hall–Kier alpha value is -3.41. The molecule has 1 N–H and O–H groups in total. The van der Waals surface area contributed by atoms with Crippen LogP contribution in [0.5, 0.6) is 0 Å². The normalized spacial score (nSPS) is 12.4. The molecule has 1 atom stereocenters. The van der Waals surface area contributed by atoms with Crippen molar-refractivity contribution >= 4 is 28.0 Å². The summed E-state index contributed by atoms with van der Waals surface area (Å²) in [6, 6.07) is 15.0. The molecule has 6 heteroatoms. The van der Waals surface area contributed by atoms with E-state index in [1.165, 1.54) is 4.68 Å². The van der Waals surface area contributed by atoms with Gasteiger partial charge in [-0.15, -0.1) is 0 Å². The number of amides is 1. The van der Waals surface area contributed by atoms with Gasteiger partial charge in [0, 0.05) is 11.1 Å². The van der Waals surface area contributed by atoms with Crippen LogP contribution in [0.15, 0.2) is 53.3 Å². The summed E-state index contributed by atoms with van der Waals surface area (Å²) in [5, 5.41) is 8.51. The van der Waals surface area contributed by atoms with Crippen molar-refractivity contribution in [2.24, 2.45) is 0 Å². The first kappa shape index (κ1) is 19.9. The molecule has 0 saturated heterocycles. The second-order valence-corrected chi connectivity index (χ2v) is 7.65. The maximum absolute atomic E-state index is 13.3. The van der Waals surface area contributed by atoms with Gasteiger partial charge in [-0.3, -0.25) is 14.0 Å². The zero-order valence-corrected chi connectivity index (χ0v) is 17.8. The highest BCUT2D eigenvalue weighted by Gasteiger charge is 2.24. The van der Waals surface area contributed by atoms with Crippen molar-refractivity contribution in [3.05, 3.63) is 75.8 Å². The van der Waals surface area contributed by atoms with Crippen molar-refractivity contribution in [2.75, 3.05) is 5.32 Å². The van der Waals surface area contributed by atoms with Gasteiger partial charge in [0.1, 0.15) is 17.4 Å². The molecule has 2 heterocycles. The van der Waals surface area contributed by atoms with Crippen molar-refractivity contribution in [1.29, 1.82) is 0 Å². The largest absolute Gasteiger partial charge is 0.324 e. The molecule has 0 saturated carbocycles. The number of aromatic nitrogens is 3. The maximum Gasteiger partial charge on any atom is 0.291 e. The van der Waals surface area contributed by atoms with E-state index in [0.717, 1.165) is 34.1 Å². The molecule has 0 aliphatic heterocycles. The lowest BCUT2D eigenvalue weighted by Gasteiger charge is -2.19. The minimum Gasteiger partial charge on any atom is -0.324 e. The summed E-state index contributed by atoms with van der Waals surface area (Å²) in [5.74, 6) is 0.437. The summed E-state index contributed by atoms with van der Waals surface area (Å²) in [7, 11) is 0. The molecule has 2 aromatic heterocycles. The van der Waals surface area contributed by atoms with E-state index in [2.05, 4.69) is 16.5 Å². The summed E-state index contributed by atoms with van der Waals surface area (Å²) in [4.78, 5) is 26.4. The van der Waals surface area contributed by atoms with Crippen LogP contribution in [0, 0.1) is 13.8 Å². The average Bonchev–Trinajstić information content (AvgIpc) is 3.12. The van der Waals surface area contributed by atoms with Crippen LogP contribution in [0.2, 0.25) is 0 Å². The molecule has 0 aliphatic carbocycles. The Morgan fingerprint density at radius 1 is 1.07 bits per heavy atom. The smallest absolute Gasteiger partial charge is 0.291 e. The number of rotatable bonds is 5. The molecular formula is C24H26N4O2. The van der Waals surface area contributed by atoms with E-state index >= 15 is 0 Å². The first-order chi connectivity index (χ1) is 14.4. The summed E-state index contributed by atoms with van der Waals surface area (Å²) >= 11 is 0. The number of hydrogen-bond donors (Lipinski definition) is 1. The third-order valence-corrected chi connectivity index (χ3v) is 5.60.